The van der Waals surface area contributed by atoms with Crippen LogP contribution in [0.3, 0.4) is 0 Å². The van der Waals surface area contributed by atoms with Crippen LogP contribution < -0.4 is 4.90 Å². The van der Waals surface area contributed by atoms with Crippen LogP contribution >= 0.6 is 11.6 Å². The molecule has 0 saturated carbocycles. The first-order chi connectivity index (χ1) is 8.15. The smallest absolute Gasteiger partial charge is 0.227 e. The third kappa shape index (κ3) is 2.17. The van der Waals surface area contributed by atoms with Crippen LogP contribution in [-0.4, -0.2) is 12.5 Å². The molecule has 4 heteroatoms. The fourth-order valence-corrected chi connectivity index (χ4v) is 2.07. The number of carbonyl (C=O) groups is 1. The van der Waals surface area contributed by atoms with E-state index >= 15 is 0 Å². The van der Waals surface area contributed by atoms with Crippen LogP contribution in [0.2, 0.25) is 5.02 Å². The largest absolute Gasteiger partial charge is 0.312 e. The Morgan fingerprint density at radius 1 is 1.59 bits per heavy atom. The molecule has 0 N–H and O–H groups in total. The molecule has 1 aromatic rings. The third-order valence-corrected chi connectivity index (χ3v) is 3.20. The van der Waals surface area contributed by atoms with Gasteiger partial charge in [-0.25, -0.2) is 0 Å². The van der Waals surface area contributed by atoms with Crippen LogP contribution in [0.1, 0.15) is 12.0 Å². The van der Waals surface area contributed by atoms with Gasteiger partial charge in [-0.05, 0) is 18.2 Å². The highest BCUT2D eigenvalue weighted by molar-refractivity contribution is 6.31. The number of nitrogens with zero attached hydrogens (tertiary/aromatic N) is 2. The molecule has 3 nitrogen and oxygen atoms in total. The second-order valence-electron chi connectivity index (χ2n) is 3.98. The monoisotopic (exact) mass is 246 g/mol. The zero-order valence-corrected chi connectivity index (χ0v) is 9.94. The Labute approximate surface area is 105 Å². The number of benzene rings is 1. The Bertz CT molecular complexity index is 519. The van der Waals surface area contributed by atoms with Gasteiger partial charge in [0.25, 0.3) is 0 Å². The van der Waals surface area contributed by atoms with Crippen molar-refractivity contribution < 1.29 is 4.79 Å². The molecule has 17 heavy (non-hydrogen) atoms. The van der Waals surface area contributed by atoms with Gasteiger partial charge in [0.05, 0.1) is 10.6 Å². The maximum atomic E-state index is 11.8. The van der Waals surface area contributed by atoms with Crippen molar-refractivity contribution >= 4 is 23.2 Å². The molecule has 1 saturated heterocycles. The minimum absolute atomic E-state index is 0.0566. The van der Waals surface area contributed by atoms with E-state index in [1.54, 1.807) is 29.2 Å². The normalized spacial score (nSPS) is 19.2. The first-order valence-electron chi connectivity index (χ1n) is 5.28. The molecule has 2 rings (SSSR count). The first-order valence-corrected chi connectivity index (χ1v) is 5.66. The number of hydrogen-bond acceptors (Lipinski definition) is 2. The SMILES string of the molecule is C=CC1CC(=O)N(c2ccc(Cl)c(C#N)c2)C1. The fourth-order valence-electron chi connectivity index (χ4n) is 1.91. The van der Waals surface area contributed by atoms with Crippen molar-refractivity contribution in [1.29, 1.82) is 5.26 Å². The lowest BCUT2D eigenvalue weighted by atomic mass is 10.1. The fraction of sp³-hybridized carbons (Fsp3) is 0.231. The summed E-state index contributed by atoms with van der Waals surface area (Å²) in [7, 11) is 0. The Balaban J connectivity index is 2.33. The minimum atomic E-state index is 0.0566. The van der Waals surface area contributed by atoms with E-state index in [1.165, 1.54) is 0 Å². The molecule has 86 valence electrons. The second kappa shape index (κ2) is 4.60. The van der Waals surface area contributed by atoms with Gasteiger partial charge in [-0.3, -0.25) is 4.79 Å². The average molecular weight is 247 g/mol. The minimum Gasteiger partial charge on any atom is -0.312 e. The highest BCUT2D eigenvalue weighted by Crippen LogP contribution is 2.28. The molecular weight excluding hydrogens is 236 g/mol. The Morgan fingerprint density at radius 3 is 2.94 bits per heavy atom. The molecule has 0 aliphatic carbocycles. The van der Waals surface area contributed by atoms with Gasteiger partial charge >= 0.3 is 0 Å². The third-order valence-electron chi connectivity index (χ3n) is 2.87. The number of amides is 1. The van der Waals surface area contributed by atoms with Crippen LogP contribution in [0.15, 0.2) is 30.9 Å². The van der Waals surface area contributed by atoms with Crippen molar-refractivity contribution in [3.8, 4) is 6.07 Å². The molecule has 1 aromatic carbocycles. The first kappa shape index (κ1) is 11.7. The lowest BCUT2D eigenvalue weighted by Crippen LogP contribution is -2.24. The van der Waals surface area contributed by atoms with Crippen LogP contribution in [0.5, 0.6) is 0 Å². The Kier molecular flexibility index (Phi) is 3.16. The van der Waals surface area contributed by atoms with Crippen molar-refractivity contribution in [2.45, 2.75) is 6.42 Å². The summed E-state index contributed by atoms with van der Waals surface area (Å²) in [6, 6.07) is 7.05. The lowest BCUT2D eigenvalue weighted by molar-refractivity contribution is -0.117. The summed E-state index contributed by atoms with van der Waals surface area (Å²) in [6.07, 6.45) is 2.27. The topological polar surface area (TPSA) is 44.1 Å². The van der Waals surface area contributed by atoms with Gasteiger partial charge in [0.15, 0.2) is 0 Å². The summed E-state index contributed by atoms with van der Waals surface area (Å²) >= 11 is 5.85. The summed E-state index contributed by atoms with van der Waals surface area (Å²) in [6.45, 7) is 4.32. The van der Waals surface area contributed by atoms with Gasteiger partial charge in [-0.1, -0.05) is 17.7 Å². The lowest BCUT2D eigenvalue weighted by Gasteiger charge is -2.16. The molecule has 0 radical (unpaired) electrons. The molecule has 1 aliphatic heterocycles. The molecule has 1 fully saturated rings. The molecule has 0 spiro atoms. The van der Waals surface area contributed by atoms with E-state index in [0.717, 1.165) is 5.69 Å². The Morgan fingerprint density at radius 2 is 2.35 bits per heavy atom. The van der Waals surface area contributed by atoms with Gasteiger partial charge in [0, 0.05) is 24.6 Å². The van der Waals surface area contributed by atoms with E-state index < -0.39 is 0 Å². The summed E-state index contributed by atoms with van der Waals surface area (Å²) in [5.41, 5.74) is 1.11. The number of rotatable bonds is 2. The number of anilines is 1. The van der Waals surface area contributed by atoms with Crippen LogP contribution in [0.25, 0.3) is 0 Å². The standard InChI is InChI=1S/C13H11ClN2O/c1-2-9-5-13(17)16(8-9)11-3-4-12(14)10(6-11)7-15/h2-4,6,9H,1,5,8H2. The number of halogens is 1. The maximum absolute atomic E-state index is 11.8. The van der Waals surface area contributed by atoms with E-state index in [9.17, 15) is 4.79 Å². The Hall–Kier alpha value is -1.79. The molecule has 1 heterocycles. The van der Waals surface area contributed by atoms with Crippen molar-refractivity contribution in [3.05, 3.63) is 41.4 Å². The summed E-state index contributed by atoms with van der Waals surface area (Å²) in [4.78, 5) is 13.5. The molecule has 1 aliphatic rings. The van der Waals surface area contributed by atoms with Gasteiger partial charge in [0.1, 0.15) is 6.07 Å². The maximum Gasteiger partial charge on any atom is 0.227 e. The van der Waals surface area contributed by atoms with E-state index in [1.807, 2.05) is 6.07 Å². The van der Waals surface area contributed by atoms with Gasteiger partial charge in [-0.15, -0.1) is 6.58 Å². The molecule has 0 bridgehead atoms. The quantitative estimate of drug-likeness (QED) is 0.753. The highest BCUT2D eigenvalue weighted by atomic mass is 35.5. The summed E-state index contributed by atoms with van der Waals surface area (Å²) in [5, 5.41) is 9.30. The molecular formula is C13H11ClN2O. The second-order valence-corrected chi connectivity index (χ2v) is 4.39. The van der Waals surface area contributed by atoms with E-state index in [2.05, 4.69) is 6.58 Å². The van der Waals surface area contributed by atoms with E-state index in [0.29, 0.717) is 23.6 Å². The van der Waals surface area contributed by atoms with Crippen LogP contribution in [0.4, 0.5) is 5.69 Å². The van der Waals surface area contributed by atoms with Crippen LogP contribution in [0, 0.1) is 17.2 Å². The summed E-state index contributed by atoms with van der Waals surface area (Å²) in [5.74, 6) is 0.241. The zero-order chi connectivity index (χ0) is 12.4. The van der Waals surface area contributed by atoms with Crippen molar-refractivity contribution in [1.82, 2.24) is 0 Å². The highest BCUT2D eigenvalue weighted by Gasteiger charge is 2.28. The van der Waals surface area contributed by atoms with Crippen LogP contribution in [-0.2, 0) is 4.79 Å². The van der Waals surface area contributed by atoms with Gasteiger partial charge < -0.3 is 4.90 Å². The zero-order valence-electron chi connectivity index (χ0n) is 9.19. The predicted molar refractivity (Wildman–Crippen MR) is 66.8 cm³/mol. The average Bonchev–Trinajstić information content (AvgIpc) is 2.71. The van der Waals surface area contributed by atoms with Crippen molar-refractivity contribution in [2.24, 2.45) is 5.92 Å². The van der Waals surface area contributed by atoms with Crippen molar-refractivity contribution in [3.63, 3.8) is 0 Å². The number of hydrogen-bond donors (Lipinski definition) is 0. The van der Waals surface area contributed by atoms with Crippen molar-refractivity contribution in [2.75, 3.05) is 11.4 Å². The number of nitriles is 1. The molecule has 1 amide bonds. The van der Waals surface area contributed by atoms with Gasteiger partial charge in [-0.2, -0.15) is 5.26 Å². The molecule has 1 atom stereocenters. The van der Waals surface area contributed by atoms with E-state index in [4.69, 9.17) is 16.9 Å². The molecule has 0 aromatic heterocycles. The summed E-state index contributed by atoms with van der Waals surface area (Å²) < 4.78 is 0. The number of carbonyl (C=O) groups excluding carboxylic acids is 1. The van der Waals surface area contributed by atoms with E-state index in [-0.39, 0.29) is 11.8 Å². The molecule has 1 unspecified atom stereocenters. The van der Waals surface area contributed by atoms with Gasteiger partial charge in [0.2, 0.25) is 5.91 Å². The predicted octanol–water partition coefficient (Wildman–Crippen LogP) is 2.75.